The minimum atomic E-state index is 0.708. The Labute approximate surface area is 94.2 Å². The van der Waals surface area contributed by atoms with Gasteiger partial charge in [-0.3, -0.25) is 4.90 Å². The second-order valence-corrected chi connectivity index (χ2v) is 4.72. The lowest BCUT2D eigenvalue weighted by atomic mass is 10.0. The molecule has 1 aliphatic heterocycles. The zero-order valence-electron chi connectivity index (χ0n) is 10.5. The van der Waals surface area contributed by atoms with E-state index in [9.17, 15) is 0 Å². The fourth-order valence-corrected chi connectivity index (χ4v) is 2.20. The summed E-state index contributed by atoms with van der Waals surface area (Å²) < 4.78 is 5.43. The van der Waals surface area contributed by atoms with Gasteiger partial charge in [0.1, 0.15) is 0 Å². The monoisotopic (exact) mass is 214 g/mol. The summed E-state index contributed by atoms with van der Waals surface area (Å²) in [6.45, 7) is 12.9. The molecule has 0 aromatic carbocycles. The first-order valence-corrected chi connectivity index (χ1v) is 6.26. The van der Waals surface area contributed by atoms with Gasteiger partial charge in [-0.05, 0) is 19.3 Å². The molecule has 3 nitrogen and oxygen atoms in total. The Morgan fingerprint density at radius 1 is 1.47 bits per heavy atom. The normalized spacial score (nSPS) is 23.6. The zero-order chi connectivity index (χ0) is 11.1. The molecule has 0 bridgehead atoms. The van der Waals surface area contributed by atoms with E-state index in [1.54, 1.807) is 0 Å². The molecule has 1 atom stereocenters. The fourth-order valence-electron chi connectivity index (χ4n) is 2.20. The maximum atomic E-state index is 5.43. The van der Waals surface area contributed by atoms with Crippen molar-refractivity contribution in [3.63, 3.8) is 0 Å². The van der Waals surface area contributed by atoms with E-state index in [0.717, 1.165) is 38.8 Å². The van der Waals surface area contributed by atoms with Crippen molar-refractivity contribution in [2.75, 3.05) is 39.4 Å². The van der Waals surface area contributed by atoms with Crippen LogP contribution < -0.4 is 5.32 Å². The maximum absolute atomic E-state index is 5.43. The van der Waals surface area contributed by atoms with Crippen LogP contribution in [0.2, 0.25) is 0 Å². The maximum Gasteiger partial charge on any atom is 0.0593 e. The molecule has 0 aromatic heterocycles. The third-order valence-electron chi connectivity index (χ3n) is 2.94. The van der Waals surface area contributed by atoms with Gasteiger partial charge in [0.05, 0.1) is 6.61 Å². The standard InChI is InChI=1S/C12H26N2O/c1-4-15-8-7-14-6-5-13-10-12(14)9-11(2)3/h11-13H,4-10H2,1-3H3. The highest BCUT2D eigenvalue weighted by atomic mass is 16.5. The second-order valence-electron chi connectivity index (χ2n) is 4.72. The summed E-state index contributed by atoms with van der Waals surface area (Å²) in [4.78, 5) is 2.58. The van der Waals surface area contributed by atoms with Gasteiger partial charge in [0, 0.05) is 38.8 Å². The molecule has 1 fully saturated rings. The number of piperazine rings is 1. The molecule has 1 N–H and O–H groups in total. The van der Waals surface area contributed by atoms with Crippen LogP contribution in [0.3, 0.4) is 0 Å². The van der Waals surface area contributed by atoms with Crippen molar-refractivity contribution in [1.82, 2.24) is 10.2 Å². The highest BCUT2D eigenvalue weighted by Crippen LogP contribution is 2.12. The summed E-state index contributed by atoms with van der Waals surface area (Å²) in [6.07, 6.45) is 1.29. The van der Waals surface area contributed by atoms with Crippen LogP contribution in [0, 0.1) is 5.92 Å². The van der Waals surface area contributed by atoms with Crippen LogP contribution in [0.5, 0.6) is 0 Å². The highest BCUT2D eigenvalue weighted by Gasteiger charge is 2.22. The van der Waals surface area contributed by atoms with Gasteiger partial charge >= 0.3 is 0 Å². The number of ether oxygens (including phenoxy) is 1. The fraction of sp³-hybridized carbons (Fsp3) is 1.00. The van der Waals surface area contributed by atoms with E-state index in [2.05, 4.69) is 31.0 Å². The Hall–Kier alpha value is -0.120. The molecule has 0 spiro atoms. The molecule has 0 aliphatic carbocycles. The molecule has 0 radical (unpaired) electrons. The predicted octanol–water partition coefficient (Wildman–Crippen LogP) is 1.34. The van der Waals surface area contributed by atoms with Gasteiger partial charge in [-0.25, -0.2) is 0 Å². The van der Waals surface area contributed by atoms with Crippen molar-refractivity contribution in [3.05, 3.63) is 0 Å². The summed E-state index contributed by atoms with van der Waals surface area (Å²) in [5, 5.41) is 3.48. The van der Waals surface area contributed by atoms with Crippen molar-refractivity contribution >= 4 is 0 Å². The molecule has 1 heterocycles. The molecule has 1 saturated heterocycles. The average Bonchev–Trinajstić information content (AvgIpc) is 2.20. The van der Waals surface area contributed by atoms with Gasteiger partial charge in [0.15, 0.2) is 0 Å². The lowest BCUT2D eigenvalue weighted by Gasteiger charge is -2.37. The Balaban J connectivity index is 2.29. The van der Waals surface area contributed by atoms with Crippen LogP contribution in [0.25, 0.3) is 0 Å². The Morgan fingerprint density at radius 2 is 2.27 bits per heavy atom. The third-order valence-corrected chi connectivity index (χ3v) is 2.94. The number of hydrogen-bond acceptors (Lipinski definition) is 3. The van der Waals surface area contributed by atoms with E-state index in [0.29, 0.717) is 6.04 Å². The van der Waals surface area contributed by atoms with Crippen molar-refractivity contribution in [2.45, 2.75) is 33.2 Å². The molecule has 15 heavy (non-hydrogen) atoms. The summed E-state index contributed by atoms with van der Waals surface area (Å²) in [6, 6.07) is 0.708. The molecule has 3 heteroatoms. The van der Waals surface area contributed by atoms with Gasteiger partial charge in [0.25, 0.3) is 0 Å². The summed E-state index contributed by atoms with van der Waals surface area (Å²) in [7, 11) is 0. The summed E-state index contributed by atoms with van der Waals surface area (Å²) in [5.74, 6) is 0.782. The number of rotatable bonds is 6. The molecular formula is C12H26N2O. The number of nitrogens with one attached hydrogen (secondary N) is 1. The van der Waals surface area contributed by atoms with Crippen LogP contribution in [0.4, 0.5) is 0 Å². The molecule has 1 aliphatic rings. The van der Waals surface area contributed by atoms with Crippen LogP contribution in [-0.4, -0.2) is 50.3 Å². The molecular weight excluding hydrogens is 188 g/mol. The second kappa shape index (κ2) is 7.20. The van der Waals surface area contributed by atoms with Crippen LogP contribution in [0.15, 0.2) is 0 Å². The Morgan fingerprint density at radius 3 is 2.93 bits per heavy atom. The highest BCUT2D eigenvalue weighted by molar-refractivity contribution is 4.80. The van der Waals surface area contributed by atoms with Gasteiger partial charge in [-0.1, -0.05) is 13.8 Å². The van der Waals surface area contributed by atoms with E-state index >= 15 is 0 Å². The molecule has 90 valence electrons. The average molecular weight is 214 g/mol. The van der Waals surface area contributed by atoms with Gasteiger partial charge in [-0.2, -0.15) is 0 Å². The van der Waals surface area contributed by atoms with E-state index < -0.39 is 0 Å². The van der Waals surface area contributed by atoms with Gasteiger partial charge in [-0.15, -0.1) is 0 Å². The van der Waals surface area contributed by atoms with Gasteiger partial charge in [0.2, 0.25) is 0 Å². The van der Waals surface area contributed by atoms with Crippen molar-refractivity contribution < 1.29 is 4.74 Å². The van der Waals surface area contributed by atoms with E-state index in [1.807, 2.05) is 0 Å². The SMILES string of the molecule is CCOCCN1CCNCC1CC(C)C. The summed E-state index contributed by atoms with van der Waals surface area (Å²) >= 11 is 0. The number of nitrogens with zero attached hydrogens (tertiary/aromatic N) is 1. The zero-order valence-corrected chi connectivity index (χ0v) is 10.5. The van der Waals surface area contributed by atoms with E-state index in [1.165, 1.54) is 13.0 Å². The van der Waals surface area contributed by atoms with Crippen molar-refractivity contribution in [1.29, 1.82) is 0 Å². The minimum Gasteiger partial charge on any atom is -0.380 e. The first-order chi connectivity index (χ1) is 7.24. The van der Waals surface area contributed by atoms with Crippen LogP contribution in [-0.2, 0) is 4.74 Å². The first-order valence-electron chi connectivity index (χ1n) is 6.26. The molecule has 0 amide bonds. The molecule has 1 unspecified atom stereocenters. The largest absolute Gasteiger partial charge is 0.380 e. The van der Waals surface area contributed by atoms with E-state index in [-0.39, 0.29) is 0 Å². The van der Waals surface area contributed by atoms with Crippen molar-refractivity contribution in [3.8, 4) is 0 Å². The van der Waals surface area contributed by atoms with Crippen molar-refractivity contribution in [2.24, 2.45) is 5.92 Å². The molecule has 0 aromatic rings. The number of hydrogen-bond donors (Lipinski definition) is 1. The smallest absolute Gasteiger partial charge is 0.0593 e. The van der Waals surface area contributed by atoms with Crippen LogP contribution >= 0.6 is 0 Å². The predicted molar refractivity (Wildman–Crippen MR) is 64.2 cm³/mol. The quantitative estimate of drug-likeness (QED) is 0.675. The van der Waals surface area contributed by atoms with Gasteiger partial charge < -0.3 is 10.1 Å². The molecule has 1 rings (SSSR count). The summed E-state index contributed by atoms with van der Waals surface area (Å²) in [5.41, 5.74) is 0. The lowest BCUT2D eigenvalue weighted by molar-refractivity contribution is 0.0762. The Kier molecular flexibility index (Phi) is 6.22. The molecule has 0 saturated carbocycles. The topological polar surface area (TPSA) is 24.5 Å². The Bertz CT molecular complexity index is 162. The third kappa shape index (κ3) is 4.96. The van der Waals surface area contributed by atoms with E-state index in [4.69, 9.17) is 4.74 Å². The van der Waals surface area contributed by atoms with Crippen LogP contribution in [0.1, 0.15) is 27.2 Å². The minimum absolute atomic E-state index is 0.708. The first kappa shape index (κ1) is 12.9. The lowest BCUT2D eigenvalue weighted by Crippen LogP contribution is -2.52.